The Morgan fingerprint density at radius 2 is 1.62 bits per heavy atom. The molecule has 2 heterocycles. The summed E-state index contributed by atoms with van der Waals surface area (Å²) in [4.78, 5) is 27.9. The number of nitrogens with one attached hydrogen (secondary N) is 1. The molecule has 4 rings (SSSR count). The molecule has 0 bridgehead atoms. The van der Waals surface area contributed by atoms with E-state index < -0.39 is 27.3 Å². The number of carbonyl (C=O) groups excluding carboxylic acids is 2. The fourth-order valence-corrected chi connectivity index (χ4v) is 6.48. The van der Waals surface area contributed by atoms with Crippen molar-refractivity contribution in [3.8, 4) is 0 Å². The van der Waals surface area contributed by atoms with Gasteiger partial charge in [0.1, 0.15) is 0 Å². The lowest BCUT2D eigenvalue weighted by atomic mass is 9.95. The van der Waals surface area contributed by atoms with E-state index in [9.17, 15) is 18.0 Å². The zero-order valence-corrected chi connectivity index (χ0v) is 19.7. The van der Waals surface area contributed by atoms with E-state index in [1.165, 1.54) is 37.5 Å². The molecular formula is C23H26ClN3O4S. The van der Waals surface area contributed by atoms with E-state index in [0.29, 0.717) is 5.69 Å². The Bertz CT molecular complexity index is 1160. The van der Waals surface area contributed by atoms with Crippen molar-refractivity contribution >= 4 is 50.5 Å². The molecule has 32 heavy (non-hydrogen) atoms. The second kappa shape index (κ2) is 8.41. The maximum atomic E-state index is 12.9. The van der Waals surface area contributed by atoms with Crippen LogP contribution in [-0.4, -0.2) is 39.1 Å². The molecule has 0 unspecified atom stereocenters. The molecule has 0 spiro atoms. The van der Waals surface area contributed by atoms with Crippen LogP contribution in [0.15, 0.2) is 42.5 Å². The first-order valence-electron chi connectivity index (χ1n) is 10.6. The molecular weight excluding hydrogens is 450 g/mol. The van der Waals surface area contributed by atoms with Crippen LogP contribution in [-0.2, 0) is 14.8 Å². The van der Waals surface area contributed by atoms with Gasteiger partial charge in [0, 0.05) is 24.5 Å². The summed E-state index contributed by atoms with van der Waals surface area (Å²) in [6.45, 7) is 5.24. The van der Waals surface area contributed by atoms with Gasteiger partial charge in [0.15, 0.2) is 0 Å². The van der Waals surface area contributed by atoms with Crippen LogP contribution in [0.25, 0.3) is 0 Å². The highest BCUT2D eigenvalue weighted by atomic mass is 35.5. The summed E-state index contributed by atoms with van der Waals surface area (Å²) in [5, 5.41) is 2.97. The predicted molar refractivity (Wildman–Crippen MR) is 127 cm³/mol. The van der Waals surface area contributed by atoms with E-state index in [1.54, 1.807) is 13.8 Å². The van der Waals surface area contributed by atoms with Crippen molar-refractivity contribution in [3.63, 3.8) is 0 Å². The molecule has 0 radical (unpaired) electrons. The van der Waals surface area contributed by atoms with E-state index >= 15 is 0 Å². The number of nitrogens with zero attached hydrogens (tertiary/aromatic N) is 2. The molecule has 7 nitrogen and oxygen atoms in total. The Labute approximate surface area is 193 Å². The largest absolute Gasteiger partial charge is 0.372 e. The lowest BCUT2D eigenvalue weighted by molar-refractivity contribution is -0.123. The lowest BCUT2D eigenvalue weighted by Crippen LogP contribution is -2.33. The molecule has 2 aliphatic heterocycles. The van der Waals surface area contributed by atoms with Gasteiger partial charge in [0.2, 0.25) is 15.9 Å². The van der Waals surface area contributed by atoms with Crippen molar-refractivity contribution in [1.82, 2.24) is 0 Å². The van der Waals surface area contributed by atoms with E-state index in [1.807, 2.05) is 24.3 Å². The highest BCUT2D eigenvalue weighted by Gasteiger charge is 2.50. The maximum absolute atomic E-state index is 12.9. The zero-order chi connectivity index (χ0) is 23.1. The first-order valence-corrected chi connectivity index (χ1v) is 12.6. The fraction of sp³-hybridized carbons (Fsp3) is 0.391. The van der Waals surface area contributed by atoms with Gasteiger partial charge in [0.05, 0.1) is 27.4 Å². The van der Waals surface area contributed by atoms with Gasteiger partial charge in [-0.3, -0.25) is 9.59 Å². The number of sulfonamides is 1. The molecule has 0 atom stereocenters. The van der Waals surface area contributed by atoms with Crippen LogP contribution in [0.3, 0.4) is 0 Å². The lowest BCUT2D eigenvalue weighted by Gasteiger charge is -2.28. The summed E-state index contributed by atoms with van der Waals surface area (Å²) in [5.74, 6) is -1.29. The van der Waals surface area contributed by atoms with Gasteiger partial charge < -0.3 is 10.2 Å². The Kier molecular flexibility index (Phi) is 5.94. The topological polar surface area (TPSA) is 86.8 Å². The molecule has 0 aliphatic carbocycles. The van der Waals surface area contributed by atoms with Crippen molar-refractivity contribution in [2.75, 3.05) is 33.4 Å². The van der Waals surface area contributed by atoms with Gasteiger partial charge >= 0.3 is 0 Å². The third kappa shape index (κ3) is 4.34. The van der Waals surface area contributed by atoms with Crippen LogP contribution in [0, 0.1) is 5.41 Å². The van der Waals surface area contributed by atoms with E-state index in [-0.39, 0.29) is 22.0 Å². The third-order valence-electron chi connectivity index (χ3n) is 5.86. The Hall–Kier alpha value is -2.58. The number of anilines is 3. The van der Waals surface area contributed by atoms with Crippen molar-refractivity contribution in [3.05, 3.63) is 53.1 Å². The molecule has 1 N–H and O–H groups in total. The molecule has 2 saturated heterocycles. The summed E-state index contributed by atoms with van der Waals surface area (Å²) < 4.78 is 25.9. The van der Waals surface area contributed by atoms with Crippen LogP contribution in [0.1, 0.15) is 43.5 Å². The summed E-state index contributed by atoms with van der Waals surface area (Å²) in [5.41, 5.74) is 0.885. The quantitative estimate of drug-likeness (QED) is 0.713. The molecule has 2 aromatic carbocycles. The normalized spacial score (nSPS) is 19.8. The number of rotatable bonds is 4. The van der Waals surface area contributed by atoms with Gasteiger partial charge in [-0.2, -0.15) is 0 Å². The zero-order valence-electron chi connectivity index (χ0n) is 18.1. The Morgan fingerprint density at radius 3 is 2.22 bits per heavy atom. The van der Waals surface area contributed by atoms with E-state index in [0.717, 1.165) is 23.1 Å². The predicted octanol–water partition coefficient (Wildman–Crippen LogP) is 4.29. The Morgan fingerprint density at radius 1 is 1.00 bits per heavy atom. The highest BCUT2D eigenvalue weighted by molar-refractivity contribution is 7.94. The number of piperidine rings is 1. The molecule has 170 valence electrons. The summed E-state index contributed by atoms with van der Waals surface area (Å²) in [7, 11) is -3.82. The SMILES string of the molecule is CC1(C)CS(=O)(=O)N(c2ccc(Cl)c(C(=O)Nc3ccc(N4CCCCC4)cc3)c2)C1=O. The minimum absolute atomic E-state index is 0.0944. The smallest absolute Gasteiger partial charge is 0.257 e. The molecule has 2 amide bonds. The van der Waals surface area contributed by atoms with Gasteiger partial charge in [0.25, 0.3) is 5.91 Å². The third-order valence-corrected chi connectivity index (χ3v) is 8.21. The first kappa shape index (κ1) is 22.6. The van der Waals surface area contributed by atoms with Gasteiger partial charge in [-0.1, -0.05) is 11.6 Å². The molecule has 2 aliphatic rings. The van der Waals surface area contributed by atoms with Gasteiger partial charge in [-0.25, -0.2) is 12.7 Å². The second-order valence-corrected chi connectivity index (χ2v) is 11.1. The number of hydrogen-bond donors (Lipinski definition) is 1. The fourth-order valence-electron chi connectivity index (χ4n) is 4.18. The number of amides is 2. The van der Waals surface area contributed by atoms with Crippen LogP contribution in [0.2, 0.25) is 5.02 Å². The Balaban J connectivity index is 1.55. The van der Waals surface area contributed by atoms with Crippen LogP contribution < -0.4 is 14.5 Å². The molecule has 0 saturated carbocycles. The van der Waals surface area contributed by atoms with Crippen molar-refractivity contribution in [1.29, 1.82) is 0 Å². The second-order valence-electron chi connectivity index (χ2n) is 8.92. The monoisotopic (exact) mass is 475 g/mol. The average Bonchev–Trinajstić information content (AvgIpc) is 2.92. The minimum atomic E-state index is -3.82. The van der Waals surface area contributed by atoms with E-state index in [2.05, 4.69) is 10.2 Å². The number of hydrogen-bond acceptors (Lipinski definition) is 5. The number of benzene rings is 2. The summed E-state index contributed by atoms with van der Waals surface area (Å²) in [6, 6.07) is 11.8. The number of carbonyl (C=O) groups is 2. The van der Waals surface area contributed by atoms with Crippen LogP contribution in [0.4, 0.5) is 17.1 Å². The van der Waals surface area contributed by atoms with Crippen molar-refractivity contribution in [2.45, 2.75) is 33.1 Å². The molecule has 2 fully saturated rings. The molecule has 0 aromatic heterocycles. The average molecular weight is 476 g/mol. The maximum Gasteiger partial charge on any atom is 0.257 e. The van der Waals surface area contributed by atoms with Crippen LogP contribution in [0.5, 0.6) is 0 Å². The first-order chi connectivity index (χ1) is 15.1. The van der Waals surface area contributed by atoms with Crippen molar-refractivity contribution < 1.29 is 18.0 Å². The van der Waals surface area contributed by atoms with Gasteiger partial charge in [-0.15, -0.1) is 0 Å². The minimum Gasteiger partial charge on any atom is -0.372 e. The van der Waals surface area contributed by atoms with Gasteiger partial charge in [-0.05, 0) is 75.6 Å². The van der Waals surface area contributed by atoms with E-state index in [4.69, 9.17) is 11.6 Å². The highest BCUT2D eigenvalue weighted by Crippen LogP contribution is 2.37. The van der Waals surface area contributed by atoms with Crippen molar-refractivity contribution in [2.24, 2.45) is 5.41 Å². The standard InChI is InChI=1S/C23H26ClN3O4S/c1-23(2)15-32(30,31)27(22(23)29)18-10-11-20(24)19(14-18)21(28)25-16-6-8-17(9-7-16)26-12-4-3-5-13-26/h6-11,14H,3-5,12-13,15H2,1-2H3,(H,25,28). The number of halogens is 1. The summed E-state index contributed by atoms with van der Waals surface area (Å²) >= 11 is 6.23. The summed E-state index contributed by atoms with van der Waals surface area (Å²) in [6.07, 6.45) is 3.62. The molecule has 2 aromatic rings. The van der Waals surface area contributed by atoms with Crippen LogP contribution >= 0.6 is 11.6 Å². The molecule has 9 heteroatoms.